The minimum atomic E-state index is -0.400. The van der Waals surface area contributed by atoms with Crippen molar-refractivity contribution in [3.63, 3.8) is 0 Å². The number of nitrogens with zero attached hydrogens (tertiary/aromatic N) is 1. The van der Waals surface area contributed by atoms with Crippen LogP contribution in [0.5, 0.6) is 0 Å². The third-order valence-electron chi connectivity index (χ3n) is 1.09. The average Bonchev–Trinajstić information content (AvgIpc) is 1.88. The summed E-state index contributed by atoms with van der Waals surface area (Å²) in [6, 6.07) is 0. The number of halogens is 1. The molecule has 1 heterocycles. The van der Waals surface area contributed by atoms with Gasteiger partial charge in [-0.2, -0.15) is 0 Å². The van der Waals surface area contributed by atoms with Crippen LogP contribution in [-0.4, -0.2) is 11.5 Å². The summed E-state index contributed by atoms with van der Waals surface area (Å²) in [7, 11) is 0. The molecule has 0 amide bonds. The lowest BCUT2D eigenvalue weighted by atomic mass is 10.3. The Kier molecular flexibility index (Phi) is 2.06. The zero-order valence-corrected chi connectivity index (χ0v) is 6.59. The van der Waals surface area contributed by atoms with Crippen LogP contribution >= 0.6 is 15.9 Å². The largest absolute Gasteiger partial charge is 0.369 e. The quantitative estimate of drug-likeness (QED) is 0.394. The number of dihydropyridines is 1. The van der Waals surface area contributed by atoms with Gasteiger partial charge >= 0.3 is 0 Å². The number of rotatable bonds is 1. The van der Waals surface area contributed by atoms with Crippen LogP contribution in [0, 0.1) is 10.1 Å². The van der Waals surface area contributed by atoms with Crippen molar-refractivity contribution in [3.05, 3.63) is 32.6 Å². The molecule has 1 rings (SSSR count). The molecule has 4 nitrogen and oxygen atoms in total. The lowest BCUT2D eigenvalue weighted by molar-refractivity contribution is -0.426. The first kappa shape index (κ1) is 7.27. The van der Waals surface area contributed by atoms with Crippen molar-refractivity contribution in [1.82, 2.24) is 5.32 Å². The first-order chi connectivity index (χ1) is 4.70. The molecule has 1 aliphatic rings. The van der Waals surface area contributed by atoms with Crippen LogP contribution in [-0.2, 0) is 0 Å². The summed E-state index contributed by atoms with van der Waals surface area (Å²) >= 11 is 3.15. The van der Waals surface area contributed by atoms with E-state index < -0.39 is 4.92 Å². The molecule has 0 bridgehead atoms. The Balaban J connectivity index is 2.74. The molecule has 0 aromatic rings. The Labute approximate surface area is 65.9 Å². The van der Waals surface area contributed by atoms with E-state index in [4.69, 9.17) is 0 Å². The van der Waals surface area contributed by atoms with E-state index in [0.717, 1.165) is 4.61 Å². The molecule has 0 aliphatic carbocycles. The molecule has 0 saturated carbocycles. The van der Waals surface area contributed by atoms with E-state index in [0.29, 0.717) is 0 Å². The zero-order valence-electron chi connectivity index (χ0n) is 5.00. The smallest absolute Gasteiger partial charge is 0.265 e. The van der Waals surface area contributed by atoms with Crippen molar-refractivity contribution in [2.75, 3.05) is 6.54 Å². The van der Waals surface area contributed by atoms with Crippen LogP contribution in [0.4, 0.5) is 0 Å². The van der Waals surface area contributed by atoms with E-state index in [2.05, 4.69) is 21.2 Å². The zero-order chi connectivity index (χ0) is 7.56. The first-order valence-electron chi connectivity index (χ1n) is 2.65. The minimum Gasteiger partial charge on any atom is -0.369 e. The summed E-state index contributed by atoms with van der Waals surface area (Å²) < 4.78 is 0.776. The minimum absolute atomic E-state index is 0.184. The van der Waals surface area contributed by atoms with Crippen molar-refractivity contribution >= 4 is 15.9 Å². The van der Waals surface area contributed by atoms with Gasteiger partial charge in [0.25, 0.3) is 5.70 Å². The monoisotopic (exact) mass is 204 g/mol. The van der Waals surface area contributed by atoms with E-state index in [9.17, 15) is 10.1 Å². The molecule has 0 aromatic carbocycles. The van der Waals surface area contributed by atoms with Gasteiger partial charge in [-0.05, 0) is 22.0 Å². The molecule has 54 valence electrons. The van der Waals surface area contributed by atoms with Gasteiger partial charge in [0.1, 0.15) is 6.54 Å². The van der Waals surface area contributed by atoms with Crippen LogP contribution in [0.1, 0.15) is 0 Å². The van der Waals surface area contributed by atoms with Crippen molar-refractivity contribution in [2.24, 2.45) is 0 Å². The lowest BCUT2D eigenvalue weighted by Crippen LogP contribution is -2.20. The normalized spacial score (nSPS) is 16.9. The van der Waals surface area contributed by atoms with Gasteiger partial charge in [-0.1, -0.05) is 0 Å². The summed E-state index contributed by atoms with van der Waals surface area (Å²) in [6.07, 6.45) is 3.09. The number of nitro groups is 1. The van der Waals surface area contributed by atoms with E-state index >= 15 is 0 Å². The lowest BCUT2D eigenvalue weighted by Gasteiger charge is -2.05. The third-order valence-corrected chi connectivity index (χ3v) is 1.64. The standard InChI is InChI=1S/C5H5BrN2O2/c6-5-2-1-4(3-7-5)8(9)10/h1-2,7H,3H2. The fourth-order valence-corrected chi connectivity index (χ4v) is 0.860. The second-order valence-corrected chi connectivity index (χ2v) is 2.64. The second-order valence-electron chi connectivity index (χ2n) is 1.78. The Morgan fingerprint density at radius 2 is 2.40 bits per heavy atom. The average molecular weight is 205 g/mol. The van der Waals surface area contributed by atoms with Gasteiger partial charge in [0, 0.05) is 6.08 Å². The van der Waals surface area contributed by atoms with Gasteiger partial charge in [0.15, 0.2) is 0 Å². The Hall–Kier alpha value is -0.840. The number of hydrogen-bond donors (Lipinski definition) is 1. The molecule has 1 N–H and O–H groups in total. The first-order valence-corrected chi connectivity index (χ1v) is 3.44. The van der Waals surface area contributed by atoms with Crippen LogP contribution < -0.4 is 5.32 Å². The molecule has 0 unspecified atom stereocenters. The Bertz CT molecular complexity index is 222. The maximum atomic E-state index is 10.1. The molecule has 5 heteroatoms. The van der Waals surface area contributed by atoms with E-state index in [1.165, 1.54) is 6.08 Å². The highest BCUT2D eigenvalue weighted by atomic mass is 79.9. The van der Waals surface area contributed by atoms with Gasteiger partial charge in [-0.25, -0.2) is 0 Å². The summed E-state index contributed by atoms with van der Waals surface area (Å²) in [5.74, 6) is 0. The van der Waals surface area contributed by atoms with Crippen LogP contribution in [0.3, 0.4) is 0 Å². The maximum Gasteiger partial charge on any atom is 0.265 e. The molecule has 0 aromatic heterocycles. The van der Waals surface area contributed by atoms with E-state index in [1.807, 2.05) is 0 Å². The molecule has 0 fully saturated rings. The Morgan fingerprint density at radius 3 is 2.80 bits per heavy atom. The van der Waals surface area contributed by atoms with Crippen LogP contribution in [0.25, 0.3) is 0 Å². The fourth-order valence-electron chi connectivity index (χ4n) is 0.588. The molecule has 1 aliphatic heterocycles. The van der Waals surface area contributed by atoms with Gasteiger partial charge in [0.2, 0.25) is 0 Å². The van der Waals surface area contributed by atoms with Gasteiger partial charge in [-0.3, -0.25) is 10.1 Å². The third kappa shape index (κ3) is 1.57. The Morgan fingerprint density at radius 1 is 1.70 bits per heavy atom. The van der Waals surface area contributed by atoms with Crippen molar-refractivity contribution in [2.45, 2.75) is 0 Å². The molecule has 10 heavy (non-hydrogen) atoms. The number of allylic oxidation sites excluding steroid dienone is 2. The molecule has 0 spiro atoms. The predicted octanol–water partition coefficient (Wildman–Crippen LogP) is 0.986. The summed E-state index contributed by atoms with van der Waals surface area (Å²) in [5, 5.41) is 12.9. The molecule has 0 radical (unpaired) electrons. The van der Waals surface area contributed by atoms with Crippen LogP contribution in [0.15, 0.2) is 22.5 Å². The van der Waals surface area contributed by atoms with Gasteiger partial charge in [-0.15, -0.1) is 0 Å². The van der Waals surface area contributed by atoms with Crippen molar-refractivity contribution in [1.29, 1.82) is 0 Å². The topological polar surface area (TPSA) is 55.2 Å². The van der Waals surface area contributed by atoms with Gasteiger partial charge in [0.05, 0.1) is 9.53 Å². The second kappa shape index (κ2) is 2.83. The van der Waals surface area contributed by atoms with Crippen molar-refractivity contribution < 1.29 is 4.92 Å². The van der Waals surface area contributed by atoms with Crippen molar-refractivity contribution in [3.8, 4) is 0 Å². The van der Waals surface area contributed by atoms with Gasteiger partial charge < -0.3 is 5.32 Å². The fraction of sp³-hybridized carbons (Fsp3) is 0.200. The summed E-state index contributed by atoms with van der Waals surface area (Å²) in [6.45, 7) is 0.282. The van der Waals surface area contributed by atoms with E-state index in [-0.39, 0.29) is 12.2 Å². The molecule has 0 saturated heterocycles. The molecular weight excluding hydrogens is 200 g/mol. The molecule has 0 atom stereocenters. The number of hydrogen-bond acceptors (Lipinski definition) is 3. The maximum absolute atomic E-state index is 10.1. The highest BCUT2D eigenvalue weighted by Crippen LogP contribution is 2.08. The highest BCUT2D eigenvalue weighted by molar-refractivity contribution is 9.11. The predicted molar refractivity (Wildman–Crippen MR) is 40.1 cm³/mol. The summed E-state index contributed by atoms with van der Waals surface area (Å²) in [4.78, 5) is 9.71. The SMILES string of the molecule is O=[N+]([O-])C1=CC=C(Br)NC1. The highest BCUT2D eigenvalue weighted by Gasteiger charge is 2.12. The van der Waals surface area contributed by atoms with Crippen LogP contribution in [0.2, 0.25) is 0 Å². The van der Waals surface area contributed by atoms with E-state index in [1.54, 1.807) is 6.08 Å². The number of nitrogens with one attached hydrogen (secondary N) is 1. The summed E-state index contributed by atoms with van der Waals surface area (Å²) in [5.41, 5.74) is 0.184. The molecular formula is C5H5BrN2O2.